The molecule has 0 aromatic rings. The first-order valence-electron chi connectivity index (χ1n) is 12.4. The molecule has 0 N–H and O–H groups in total. The fourth-order valence-electron chi connectivity index (χ4n) is 3.79. The Morgan fingerprint density at radius 2 is 1.70 bits per heavy atom. The molecule has 1 rings (SSSR count). The second-order valence-corrected chi connectivity index (χ2v) is 8.82. The van der Waals surface area contributed by atoms with E-state index in [9.17, 15) is 4.79 Å². The van der Waals surface area contributed by atoms with Crippen LogP contribution in [0.25, 0.3) is 0 Å². The highest BCUT2D eigenvalue weighted by Gasteiger charge is 2.15. The Kier molecular flexibility index (Phi) is 16.1. The molecule has 0 saturated heterocycles. The molecule has 0 spiro atoms. The molecule has 0 saturated carbocycles. The second kappa shape index (κ2) is 18.2. The third-order valence-electron chi connectivity index (χ3n) is 5.95. The zero-order chi connectivity index (χ0) is 21.9. The number of carbonyl (C=O) groups excluding carboxylic acids is 1. The predicted molar refractivity (Wildman–Crippen MR) is 131 cm³/mol. The molecule has 0 aromatic carbocycles. The lowest BCUT2D eigenvalue weighted by atomic mass is 9.86. The van der Waals surface area contributed by atoms with E-state index in [1.807, 2.05) is 0 Å². The minimum absolute atomic E-state index is 0.0383. The van der Waals surface area contributed by atoms with Gasteiger partial charge in [0.15, 0.2) is 0 Å². The van der Waals surface area contributed by atoms with Gasteiger partial charge in [-0.15, -0.1) is 0 Å². The topological polar surface area (TPSA) is 26.3 Å². The van der Waals surface area contributed by atoms with Crippen LogP contribution in [0.5, 0.6) is 0 Å². The van der Waals surface area contributed by atoms with E-state index in [2.05, 4.69) is 50.8 Å². The molecule has 1 aliphatic rings. The Morgan fingerprint density at radius 3 is 2.33 bits per heavy atom. The minimum atomic E-state index is -0.0383. The normalized spacial score (nSPS) is 16.9. The van der Waals surface area contributed by atoms with E-state index in [0.717, 1.165) is 38.5 Å². The molecular weight excluding hydrogens is 368 g/mol. The lowest BCUT2D eigenvalue weighted by molar-refractivity contribution is -0.142. The molecule has 30 heavy (non-hydrogen) atoms. The van der Waals surface area contributed by atoms with Crippen molar-refractivity contribution in [1.29, 1.82) is 0 Å². The molecule has 0 heterocycles. The first kappa shape index (κ1) is 26.5. The summed E-state index contributed by atoms with van der Waals surface area (Å²) in [5, 5.41) is 0. The van der Waals surface area contributed by atoms with E-state index in [0.29, 0.717) is 18.9 Å². The number of carbonyl (C=O) groups is 1. The Labute approximate surface area is 186 Å². The molecule has 170 valence electrons. The molecular formula is C28H46O2. The molecule has 2 nitrogen and oxygen atoms in total. The fraction of sp³-hybridized carbons (Fsp3) is 0.679. The molecule has 0 amide bonds. The predicted octanol–water partition coefficient (Wildman–Crippen LogP) is 8.65. The summed E-state index contributed by atoms with van der Waals surface area (Å²) in [5.41, 5.74) is 2.55. The Balaban J connectivity index is 1.90. The minimum Gasteiger partial charge on any atom is -0.461 e. The van der Waals surface area contributed by atoms with Gasteiger partial charge in [0.2, 0.25) is 0 Å². The van der Waals surface area contributed by atoms with Gasteiger partial charge in [-0.1, -0.05) is 81.6 Å². The van der Waals surface area contributed by atoms with Crippen LogP contribution >= 0.6 is 0 Å². The summed E-state index contributed by atoms with van der Waals surface area (Å²) in [6.07, 6.45) is 28.5. The molecule has 2 heteroatoms. The highest BCUT2D eigenvalue weighted by molar-refractivity contribution is 5.69. The first-order chi connectivity index (χ1) is 14.6. The van der Waals surface area contributed by atoms with Gasteiger partial charge < -0.3 is 4.74 Å². The van der Waals surface area contributed by atoms with Crippen LogP contribution in [0.4, 0.5) is 0 Å². The highest BCUT2D eigenvalue weighted by Crippen LogP contribution is 2.28. The van der Waals surface area contributed by atoms with Crippen LogP contribution in [0.15, 0.2) is 48.1 Å². The summed E-state index contributed by atoms with van der Waals surface area (Å²) in [7, 11) is 0. The van der Waals surface area contributed by atoms with Gasteiger partial charge in [-0.05, 0) is 76.2 Å². The van der Waals surface area contributed by atoms with Gasteiger partial charge in [0.25, 0.3) is 0 Å². The maximum absolute atomic E-state index is 11.9. The summed E-state index contributed by atoms with van der Waals surface area (Å²) in [5.74, 6) is 0.570. The zero-order valence-electron chi connectivity index (χ0n) is 19.8. The van der Waals surface area contributed by atoms with Crippen LogP contribution in [0.3, 0.4) is 0 Å². The molecule has 0 bridgehead atoms. The fourth-order valence-corrected chi connectivity index (χ4v) is 3.79. The average Bonchev–Trinajstić information content (AvgIpc) is 2.75. The van der Waals surface area contributed by atoms with Crippen LogP contribution in [0, 0.1) is 5.92 Å². The van der Waals surface area contributed by atoms with Crippen molar-refractivity contribution in [3.8, 4) is 0 Å². The third-order valence-corrected chi connectivity index (χ3v) is 5.95. The van der Waals surface area contributed by atoms with Gasteiger partial charge in [-0.2, -0.15) is 0 Å². The van der Waals surface area contributed by atoms with E-state index in [1.165, 1.54) is 62.5 Å². The van der Waals surface area contributed by atoms with Gasteiger partial charge in [-0.3, -0.25) is 4.79 Å². The average molecular weight is 415 g/mol. The maximum Gasteiger partial charge on any atom is 0.306 e. The highest BCUT2D eigenvalue weighted by atomic mass is 16.5. The largest absolute Gasteiger partial charge is 0.461 e. The summed E-state index contributed by atoms with van der Waals surface area (Å²) < 4.78 is 5.45. The van der Waals surface area contributed by atoms with Crippen LogP contribution in [-0.2, 0) is 9.53 Å². The van der Waals surface area contributed by atoms with Crippen molar-refractivity contribution in [3.63, 3.8) is 0 Å². The van der Waals surface area contributed by atoms with Crippen LogP contribution in [0.1, 0.15) is 110 Å². The van der Waals surface area contributed by atoms with Crippen molar-refractivity contribution >= 4 is 5.97 Å². The van der Waals surface area contributed by atoms with Crippen molar-refractivity contribution in [2.45, 2.75) is 110 Å². The summed E-state index contributed by atoms with van der Waals surface area (Å²) in [6, 6.07) is 0. The van der Waals surface area contributed by atoms with Gasteiger partial charge in [0.1, 0.15) is 6.61 Å². The number of hydrogen-bond donors (Lipinski definition) is 0. The third kappa shape index (κ3) is 14.4. The van der Waals surface area contributed by atoms with Crippen LogP contribution in [-0.4, -0.2) is 12.6 Å². The number of hydrogen-bond acceptors (Lipinski definition) is 2. The number of ether oxygens (including phenoxy) is 1. The maximum atomic E-state index is 11.9. The molecule has 0 radical (unpaired) electrons. The summed E-state index contributed by atoms with van der Waals surface area (Å²) >= 11 is 0. The summed E-state index contributed by atoms with van der Waals surface area (Å²) in [4.78, 5) is 11.9. The smallest absolute Gasteiger partial charge is 0.306 e. The van der Waals surface area contributed by atoms with Crippen molar-refractivity contribution < 1.29 is 9.53 Å². The zero-order valence-corrected chi connectivity index (χ0v) is 19.8. The van der Waals surface area contributed by atoms with Gasteiger partial charge >= 0.3 is 5.97 Å². The SMILES string of the molecule is C=C(C)[C@@H]1CC=C(COC(=O)CCCCCCC/C=C\C/C=C\CCCCC)CC1. The number of allylic oxidation sites excluding steroid dienone is 6. The van der Waals surface area contributed by atoms with Crippen LogP contribution in [0.2, 0.25) is 0 Å². The van der Waals surface area contributed by atoms with E-state index in [1.54, 1.807) is 0 Å². The van der Waals surface area contributed by atoms with Gasteiger partial charge in [0, 0.05) is 6.42 Å². The monoisotopic (exact) mass is 414 g/mol. The van der Waals surface area contributed by atoms with Gasteiger partial charge in [-0.25, -0.2) is 0 Å². The Hall–Kier alpha value is -1.57. The molecule has 1 atom stereocenters. The number of rotatable bonds is 17. The molecule has 0 aromatic heterocycles. The Morgan fingerprint density at radius 1 is 1.03 bits per heavy atom. The second-order valence-electron chi connectivity index (χ2n) is 8.82. The lowest BCUT2D eigenvalue weighted by Crippen LogP contribution is -2.12. The van der Waals surface area contributed by atoms with E-state index in [4.69, 9.17) is 4.74 Å². The number of esters is 1. The van der Waals surface area contributed by atoms with Crippen LogP contribution < -0.4 is 0 Å². The van der Waals surface area contributed by atoms with Crippen molar-refractivity contribution in [1.82, 2.24) is 0 Å². The molecule has 0 fully saturated rings. The quantitative estimate of drug-likeness (QED) is 0.135. The van der Waals surface area contributed by atoms with Crippen molar-refractivity contribution in [2.24, 2.45) is 5.92 Å². The molecule has 0 unspecified atom stereocenters. The first-order valence-corrected chi connectivity index (χ1v) is 12.4. The summed E-state index contributed by atoms with van der Waals surface area (Å²) in [6.45, 7) is 8.89. The van der Waals surface area contributed by atoms with E-state index >= 15 is 0 Å². The number of unbranched alkanes of at least 4 members (excludes halogenated alkanes) is 8. The Bertz CT molecular complexity index is 553. The van der Waals surface area contributed by atoms with Gasteiger partial charge in [0.05, 0.1) is 0 Å². The molecule has 1 aliphatic carbocycles. The van der Waals surface area contributed by atoms with Crippen molar-refractivity contribution in [2.75, 3.05) is 6.61 Å². The molecule has 0 aliphatic heterocycles. The van der Waals surface area contributed by atoms with E-state index in [-0.39, 0.29) is 5.97 Å². The van der Waals surface area contributed by atoms with E-state index < -0.39 is 0 Å². The lowest BCUT2D eigenvalue weighted by Gasteiger charge is -2.21. The van der Waals surface area contributed by atoms with Crippen molar-refractivity contribution in [3.05, 3.63) is 48.1 Å². The standard InChI is InChI=1S/C28H46O2/c1-4-5-6-7-8-9-10-11-12-13-14-15-16-17-18-19-28(29)30-24-26-20-22-27(23-21-26)25(2)3/h8-9,11-12,20,27H,2,4-7,10,13-19,21-24H2,1,3H3/b9-8-,12-11-/t27-/m1/s1.